The Morgan fingerprint density at radius 2 is 2.12 bits per heavy atom. The molecule has 1 aromatic carbocycles. The van der Waals surface area contributed by atoms with Gasteiger partial charge in [0.25, 0.3) is 0 Å². The molecule has 0 saturated heterocycles. The molecule has 1 N–H and O–H groups in total. The summed E-state index contributed by atoms with van der Waals surface area (Å²) in [5.41, 5.74) is 2.55. The number of fused-ring (bicyclic) bond motifs is 1. The monoisotopic (exact) mass is 225 g/mol. The van der Waals surface area contributed by atoms with Gasteiger partial charge in [0.2, 0.25) is 0 Å². The highest BCUT2D eigenvalue weighted by molar-refractivity contribution is 5.93. The SMILES string of the molecule is O=C(Nc1ccccc1)N1CC=C2N=CC=C21. The van der Waals surface area contributed by atoms with Crippen molar-refractivity contribution in [2.24, 2.45) is 4.99 Å². The summed E-state index contributed by atoms with van der Waals surface area (Å²) >= 11 is 0. The summed E-state index contributed by atoms with van der Waals surface area (Å²) < 4.78 is 0. The molecule has 3 rings (SSSR count). The van der Waals surface area contributed by atoms with E-state index in [0.29, 0.717) is 6.54 Å². The number of urea groups is 1. The van der Waals surface area contributed by atoms with Crippen LogP contribution in [0.3, 0.4) is 0 Å². The molecule has 0 spiro atoms. The molecule has 0 atom stereocenters. The summed E-state index contributed by atoms with van der Waals surface area (Å²) in [6, 6.07) is 9.30. The lowest BCUT2D eigenvalue weighted by molar-refractivity contribution is 0.231. The van der Waals surface area contributed by atoms with Crippen LogP contribution in [0, 0.1) is 0 Å². The highest BCUT2D eigenvalue weighted by Gasteiger charge is 2.26. The average Bonchev–Trinajstić information content (AvgIpc) is 2.91. The van der Waals surface area contributed by atoms with Gasteiger partial charge in [-0.3, -0.25) is 9.89 Å². The minimum atomic E-state index is -0.126. The van der Waals surface area contributed by atoms with Crippen molar-refractivity contribution in [3.05, 3.63) is 53.9 Å². The first-order valence-electron chi connectivity index (χ1n) is 5.43. The van der Waals surface area contributed by atoms with Crippen molar-refractivity contribution in [1.29, 1.82) is 0 Å². The fourth-order valence-corrected chi connectivity index (χ4v) is 1.91. The van der Waals surface area contributed by atoms with Gasteiger partial charge in [0.15, 0.2) is 0 Å². The topological polar surface area (TPSA) is 44.7 Å². The quantitative estimate of drug-likeness (QED) is 0.783. The maximum absolute atomic E-state index is 12.0. The molecule has 0 aliphatic carbocycles. The normalized spacial score (nSPS) is 16.6. The lowest BCUT2D eigenvalue weighted by Crippen LogP contribution is -2.31. The highest BCUT2D eigenvalue weighted by Crippen LogP contribution is 2.26. The van der Waals surface area contributed by atoms with E-state index in [1.165, 1.54) is 0 Å². The molecule has 0 unspecified atom stereocenters. The number of amides is 2. The van der Waals surface area contributed by atoms with E-state index in [-0.39, 0.29) is 6.03 Å². The summed E-state index contributed by atoms with van der Waals surface area (Å²) in [5.74, 6) is 0. The van der Waals surface area contributed by atoms with E-state index < -0.39 is 0 Å². The lowest BCUT2D eigenvalue weighted by atomic mass is 10.3. The third-order valence-electron chi connectivity index (χ3n) is 2.74. The first-order valence-corrected chi connectivity index (χ1v) is 5.43. The third-order valence-corrected chi connectivity index (χ3v) is 2.74. The number of nitrogens with zero attached hydrogens (tertiary/aromatic N) is 2. The van der Waals surface area contributed by atoms with Crippen LogP contribution in [0.25, 0.3) is 0 Å². The lowest BCUT2D eigenvalue weighted by Gasteiger charge is -2.18. The minimum Gasteiger partial charge on any atom is -0.308 e. The van der Waals surface area contributed by atoms with Crippen LogP contribution in [0.5, 0.6) is 0 Å². The Balaban J connectivity index is 1.73. The summed E-state index contributed by atoms with van der Waals surface area (Å²) in [6.45, 7) is 0.581. The average molecular weight is 225 g/mol. The van der Waals surface area contributed by atoms with Gasteiger partial charge in [-0.15, -0.1) is 0 Å². The van der Waals surface area contributed by atoms with Crippen LogP contribution in [0.4, 0.5) is 10.5 Å². The number of hydrogen-bond acceptors (Lipinski definition) is 2. The van der Waals surface area contributed by atoms with Crippen LogP contribution in [0.1, 0.15) is 0 Å². The molecule has 2 heterocycles. The second-order valence-corrected chi connectivity index (χ2v) is 3.83. The summed E-state index contributed by atoms with van der Waals surface area (Å²) in [5, 5.41) is 2.85. The molecule has 17 heavy (non-hydrogen) atoms. The standard InChI is InChI=1S/C13H11N3O/c17-13(15-10-4-2-1-3-5-10)16-9-7-11-12(16)6-8-14-11/h1-8H,9H2,(H,15,17). The Morgan fingerprint density at radius 1 is 1.29 bits per heavy atom. The van der Waals surface area contributed by atoms with E-state index in [1.54, 1.807) is 11.1 Å². The second kappa shape index (κ2) is 3.90. The van der Waals surface area contributed by atoms with E-state index >= 15 is 0 Å². The molecular weight excluding hydrogens is 214 g/mol. The zero-order chi connectivity index (χ0) is 11.7. The number of carbonyl (C=O) groups excluding carboxylic acids is 1. The number of para-hydroxylation sites is 1. The zero-order valence-electron chi connectivity index (χ0n) is 9.13. The van der Waals surface area contributed by atoms with E-state index in [4.69, 9.17) is 0 Å². The molecule has 2 amide bonds. The molecule has 84 valence electrons. The van der Waals surface area contributed by atoms with Crippen LogP contribution in [0.15, 0.2) is 58.9 Å². The predicted molar refractivity (Wildman–Crippen MR) is 66.8 cm³/mol. The van der Waals surface area contributed by atoms with Crippen molar-refractivity contribution in [3.63, 3.8) is 0 Å². The van der Waals surface area contributed by atoms with E-state index in [2.05, 4.69) is 10.3 Å². The van der Waals surface area contributed by atoms with Gasteiger partial charge in [-0.25, -0.2) is 4.79 Å². The summed E-state index contributed by atoms with van der Waals surface area (Å²) in [4.78, 5) is 17.9. The molecular formula is C13H11N3O. The van der Waals surface area contributed by atoms with E-state index in [0.717, 1.165) is 17.1 Å². The maximum Gasteiger partial charge on any atom is 0.326 e. The van der Waals surface area contributed by atoms with Gasteiger partial charge in [-0.2, -0.15) is 0 Å². The van der Waals surface area contributed by atoms with Gasteiger partial charge in [0.05, 0.1) is 11.4 Å². The van der Waals surface area contributed by atoms with Crippen molar-refractivity contribution < 1.29 is 4.79 Å². The number of benzene rings is 1. The molecule has 0 fully saturated rings. The van der Waals surface area contributed by atoms with Crippen LogP contribution in [-0.4, -0.2) is 23.7 Å². The first-order chi connectivity index (χ1) is 8.34. The Morgan fingerprint density at radius 3 is 2.94 bits per heavy atom. The molecule has 2 aliphatic heterocycles. The fourth-order valence-electron chi connectivity index (χ4n) is 1.91. The molecule has 0 saturated carbocycles. The van der Waals surface area contributed by atoms with Gasteiger partial charge in [0.1, 0.15) is 0 Å². The van der Waals surface area contributed by atoms with E-state index in [9.17, 15) is 4.79 Å². The number of nitrogens with one attached hydrogen (secondary N) is 1. The van der Waals surface area contributed by atoms with Crippen LogP contribution in [-0.2, 0) is 0 Å². The number of anilines is 1. The number of aliphatic imine (C=N–C) groups is 1. The number of hydrogen-bond donors (Lipinski definition) is 1. The van der Waals surface area contributed by atoms with Gasteiger partial charge < -0.3 is 5.32 Å². The first kappa shape index (κ1) is 9.84. The van der Waals surface area contributed by atoms with Gasteiger partial charge >= 0.3 is 6.03 Å². The largest absolute Gasteiger partial charge is 0.326 e. The van der Waals surface area contributed by atoms with Crippen molar-refractivity contribution in [3.8, 4) is 0 Å². The molecule has 0 aromatic heterocycles. The van der Waals surface area contributed by atoms with Gasteiger partial charge in [0, 0.05) is 18.4 Å². The van der Waals surface area contributed by atoms with Gasteiger partial charge in [-0.1, -0.05) is 18.2 Å². The molecule has 4 nitrogen and oxygen atoms in total. The Hall–Kier alpha value is -2.36. The number of rotatable bonds is 1. The van der Waals surface area contributed by atoms with Crippen LogP contribution in [0.2, 0.25) is 0 Å². The van der Waals surface area contributed by atoms with E-state index in [1.807, 2.05) is 42.5 Å². The van der Waals surface area contributed by atoms with Crippen molar-refractivity contribution >= 4 is 17.9 Å². The van der Waals surface area contributed by atoms with Crippen molar-refractivity contribution in [2.45, 2.75) is 0 Å². The number of carbonyl (C=O) groups is 1. The Bertz CT molecular complexity index is 543. The molecule has 0 radical (unpaired) electrons. The zero-order valence-corrected chi connectivity index (χ0v) is 9.13. The smallest absolute Gasteiger partial charge is 0.308 e. The highest BCUT2D eigenvalue weighted by atomic mass is 16.2. The second-order valence-electron chi connectivity index (χ2n) is 3.83. The van der Waals surface area contributed by atoms with Crippen molar-refractivity contribution in [1.82, 2.24) is 4.90 Å². The van der Waals surface area contributed by atoms with Crippen LogP contribution < -0.4 is 5.32 Å². The Kier molecular flexibility index (Phi) is 2.26. The molecule has 1 aromatic rings. The molecule has 2 aliphatic rings. The predicted octanol–water partition coefficient (Wildman–Crippen LogP) is 2.39. The summed E-state index contributed by atoms with van der Waals surface area (Å²) in [7, 11) is 0. The Labute approximate surface area is 99.0 Å². The summed E-state index contributed by atoms with van der Waals surface area (Å²) in [6.07, 6.45) is 5.51. The minimum absolute atomic E-state index is 0.126. The third kappa shape index (κ3) is 1.73. The van der Waals surface area contributed by atoms with Crippen LogP contribution >= 0.6 is 0 Å². The molecule has 4 heteroatoms. The van der Waals surface area contributed by atoms with Gasteiger partial charge in [-0.05, 0) is 24.3 Å². The fraction of sp³-hybridized carbons (Fsp3) is 0.0769. The number of allylic oxidation sites excluding steroid dienone is 1. The van der Waals surface area contributed by atoms with Crippen molar-refractivity contribution in [2.75, 3.05) is 11.9 Å². The maximum atomic E-state index is 12.0. The molecule has 0 bridgehead atoms.